The third kappa shape index (κ3) is 6.82. The molecular weight excluding hydrogens is 296 g/mol. The van der Waals surface area contributed by atoms with E-state index in [2.05, 4.69) is 0 Å². The molecule has 0 amide bonds. The highest BCUT2D eigenvalue weighted by Gasteiger charge is 2.17. The van der Waals surface area contributed by atoms with Crippen LogP contribution in [0, 0.1) is 0 Å². The lowest BCUT2D eigenvalue weighted by molar-refractivity contribution is 0.0479. The van der Waals surface area contributed by atoms with Gasteiger partial charge < -0.3 is 14.6 Å². The molecule has 0 heterocycles. The first-order chi connectivity index (χ1) is 11.1. The van der Waals surface area contributed by atoms with Crippen LogP contribution in [-0.2, 0) is 9.47 Å². The molecule has 2 rings (SSSR count). The van der Waals surface area contributed by atoms with Gasteiger partial charge in [-0.3, -0.25) is 0 Å². The van der Waals surface area contributed by atoms with E-state index in [4.69, 9.17) is 14.6 Å². The monoisotopic (exact) mass is 322 g/mol. The summed E-state index contributed by atoms with van der Waals surface area (Å²) in [7, 11) is 0. The minimum Gasteiger partial charge on any atom is -0.462 e. The lowest BCUT2D eigenvalue weighted by Crippen LogP contribution is -2.13. The number of carbonyl (C=O) groups excluding carboxylic acids is 2. The molecule has 5 heteroatoms. The number of carbonyl (C=O) groups is 2. The van der Waals surface area contributed by atoms with E-state index >= 15 is 0 Å². The van der Waals surface area contributed by atoms with Crippen LogP contribution in [0.2, 0.25) is 0 Å². The Morgan fingerprint density at radius 1 is 0.957 bits per heavy atom. The number of aliphatic hydroxyl groups excluding tert-OH is 1. The second kappa shape index (κ2) is 10.8. The Labute approximate surface area is 137 Å². The van der Waals surface area contributed by atoms with Crippen molar-refractivity contribution in [1.29, 1.82) is 0 Å². The number of benzene rings is 1. The van der Waals surface area contributed by atoms with Gasteiger partial charge >= 0.3 is 11.9 Å². The van der Waals surface area contributed by atoms with Gasteiger partial charge in [0.05, 0.1) is 30.4 Å². The van der Waals surface area contributed by atoms with Gasteiger partial charge in [-0.05, 0) is 38.8 Å². The lowest BCUT2D eigenvalue weighted by atomic mass is 9.98. The number of rotatable bonds is 4. The van der Waals surface area contributed by atoms with Gasteiger partial charge in [0.15, 0.2) is 0 Å². The maximum atomic E-state index is 11.5. The van der Waals surface area contributed by atoms with Gasteiger partial charge in [-0.1, -0.05) is 31.4 Å². The molecule has 1 aromatic carbocycles. The zero-order valence-corrected chi connectivity index (χ0v) is 13.9. The van der Waals surface area contributed by atoms with E-state index in [1.54, 1.807) is 38.1 Å². The van der Waals surface area contributed by atoms with Crippen molar-refractivity contribution in [2.75, 3.05) is 13.2 Å². The Morgan fingerprint density at radius 3 is 1.70 bits per heavy atom. The summed E-state index contributed by atoms with van der Waals surface area (Å²) in [6.45, 7) is 3.97. The molecule has 1 fully saturated rings. The van der Waals surface area contributed by atoms with Gasteiger partial charge in [-0.2, -0.15) is 0 Å². The molecule has 1 N–H and O–H groups in total. The third-order valence-corrected chi connectivity index (χ3v) is 3.49. The Hall–Kier alpha value is -1.88. The normalized spacial score (nSPS) is 14.4. The summed E-state index contributed by atoms with van der Waals surface area (Å²) in [6.07, 6.45) is 5.92. The lowest BCUT2D eigenvalue weighted by Gasteiger charge is -2.14. The van der Waals surface area contributed by atoms with Crippen LogP contribution in [0.1, 0.15) is 66.7 Å². The van der Waals surface area contributed by atoms with Gasteiger partial charge in [-0.25, -0.2) is 9.59 Å². The molecule has 0 aromatic heterocycles. The van der Waals surface area contributed by atoms with Crippen molar-refractivity contribution in [2.45, 2.75) is 52.1 Å². The van der Waals surface area contributed by atoms with Crippen LogP contribution < -0.4 is 0 Å². The highest BCUT2D eigenvalue weighted by Crippen LogP contribution is 2.16. The van der Waals surface area contributed by atoms with E-state index in [-0.39, 0.29) is 30.4 Å². The largest absolute Gasteiger partial charge is 0.462 e. The van der Waals surface area contributed by atoms with E-state index in [9.17, 15) is 9.59 Å². The van der Waals surface area contributed by atoms with Crippen LogP contribution in [-0.4, -0.2) is 36.4 Å². The van der Waals surface area contributed by atoms with Crippen molar-refractivity contribution in [3.05, 3.63) is 35.4 Å². The summed E-state index contributed by atoms with van der Waals surface area (Å²) >= 11 is 0. The number of esters is 2. The van der Waals surface area contributed by atoms with E-state index in [0.717, 1.165) is 12.8 Å². The fourth-order valence-corrected chi connectivity index (χ4v) is 2.34. The van der Waals surface area contributed by atoms with Crippen LogP contribution in [0.15, 0.2) is 24.3 Å². The quantitative estimate of drug-likeness (QED) is 0.861. The zero-order chi connectivity index (χ0) is 17.1. The predicted molar refractivity (Wildman–Crippen MR) is 87.4 cm³/mol. The summed E-state index contributed by atoms with van der Waals surface area (Å²) < 4.78 is 9.70. The average Bonchev–Trinajstić information content (AvgIpc) is 2.56. The van der Waals surface area contributed by atoms with E-state index in [1.165, 1.54) is 19.3 Å². The van der Waals surface area contributed by atoms with Crippen molar-refractivity contribution in [2.24, 2.45) is 0 Å². The topological polar surface area (TPSA) is 72.8 Å². The molecule has 0 aliphatic heterocycles. The van der Waals surface area contributed by atoms with Gasteiger partial charge in [0.25, 0.3) is 0 Å². The van der Waals surface area contributed by atoms with Crippen LogP contribution in [0.3, 0.4) is 0 Å². The molecule has 1 aliphatic rings. The Morgan fingerprint density at radius 2 is 1.39 bits per heavy atom. The van der Waals surface area contributed by atoms with Crippen molar-refractivity contribution >= 4 is 11.9 Å². The highest BCUT2D eigenvalue weighted by atomic mass is 16.5. The molecular formula is C18H26O5. The molecule has 23 heavy (non-hydrogen) atoms. The fourth-order valence-electron chi connectivity index (χ4n) is 2.34. The van der Waals surface area contributed by atoms with E-state index in [1.807, 2.05) is 0 Å². The van der Waals surface area contributed by atoms with Crippen LogP contribution >= 0.6 is 0 Å². The molecule has 0 radical (unpaired) electrons. The average molecular weight is 322 g/mol. The summed E-state index contributed by atoms with van der Waals surface area (Å²) in [4.78, 5) is 23.1. The summed E-state index contributed by atoms with van der Waals surface area (Å²) in [6, 6.07) is 6.44. The van der Waals surface area contributed by atoms with Crippen LogP contribution in [0.25, 0.3) is 0 Å². The van der Waals surface area contributed by atoms with Gasteiger partial charge in [0.1, 0.15) is 0 Å². The number of ether oxygens (including phenoxy) is 2. The molecule has 5 nitrogen and oxygen atoms in total. The summed E-state index contributed by atoms with van der Waals surface area (Å²) in [5.41, 5.74) is 0.477. The van der Waals surface area contributed by atoms with E-state index < -0.39 is 11.9 Å². The van der Waals surface area contributed by atoms with Crippen molar-refractivity contribution < 1.29 is 24.2 Å². The number of aliphatic hydroxyl groups is 1. The number of hydrogen-bond acceptors (Lipinski definition) is 5. The molecule has 0 spiro atoms. The third-order valence-electron chi connectivity index (χ3n) is 3.49. The SMILES string of the molecule is CCOC(=O)c1ccccc1C(=O)OCC.OC1CCCCC1. The first-order valence-corrected chi connectivity index (χ1v) is 8.21. The summed E-state index contributed by atoms with van der Waals surface area (Å²) in [5.74, 6) is -1.02. The Bertz CT molecular complexity index is 455. The van der Waals surface area contributed by atoms with Crippen molar-refractivity contribution in [1.82, 2.24) is 0 Å². The smallest absolute Gasteiger partial charge is 0.338 e. The maximum absolute atomic E-state index is 11.5. The molecule has 128 valence electrons. The first-order valence-electron chi connectivity index (χ1n) is 8.21. The minimum absolute atomic E-state index is 0.0359. The predicted octanol–water partition coefficient (Wildman–Crippen LogP) is 3.35. The molecule has 0 saturated heterocycles. The van der Waals surface area contributed by atoms with Crippen LogP contribution in [0.5, 0.6) is 0 Å². The molecule has 1 aromatic rings. The summed E-state index contributed by atoms with van der Waals surface area (Å²) in [5, 5.41) is 8.91. The van der Waals surface area contributed by atoms with Crippen LogP contribution in [0.4, 0.5) is 0 Å². The second-order valence-corrected chi connectivity index (χ2v) is 5.28. The number of hydrogen-bond donors (Lipinski definition) is 1. The molecule has 0 unspecified atom stereocenters. The van der Waals surface area contributed by atoms with Gasteiger partial charge in [0, 0.05) is 0 Å². The highest BCUT2D eigenvalue weighted by molar-refractivity contribution is 6.03. The minimum atomic E-state index is -0.508. The molecule has 0 atom stereocenters. The van der Waals surface area contributed by atoms with Gasteiger partial charge in [-0.15, -0.1) is 0 Å². The Kier molecular flexibility index (Phi) is 8.98. The van der Waals surface area contributed by atoms with Crippen molar-refractivity contribution in [3.8, 4) is 0 Å². The molecule has 0 bridgehead atoms. The Balaban J connectivity index is 0.000000313. The second-order valence-electron chi connectivity index (χ2n) is 5.28. The molecule has 1 saturated carbocycles. The maximum Gasteiger partial charge on any atom is 0.338 e. The fraction of sp³-hybridized carbons (Fsp3) is 0.556. The molecule has 1 aliphatic carbocycles. The first kappa shape index (κ1) is 19.2. The van der Waals surface area contributed by atoms with Crippen molar-refractivity contribution in [3.63, 3.8) is 0 Å². The standard InChI is InChI=1S/C12H14O4.C6H12O/c1-3-15-11(13)9-7-5-6-8-10(9)12(14)16-4-2;7-6-4-2-1-3-5-6/h5-8H,3-4H2,1-2H3;6-7H,1-5H2. The van der Waals surface area contributed by atoms with Gasteiger partial charge in [0.2, 0.25) is 0 Å². The zero-order valence-electron chi connectivity index (χ0n) is 13.9. The van der Waals surface area contributed by atoms with E-state index in [0.29, 0.717) is 0 Å².